The molecule has 1 aromatic carbocycles. The minimum absolute atomic E-state index is 0.0875. The third-order valence-corrected chi connectivity index (χ3v) is 4.57. The van der Waals surface area contributed by atoms with E-state index in [1.807, 2.05) is 0 Å². The maximum atomic E-state index is 12.0. The summed E-state index contributed by atoms with van der Waals surface area (Å²) in [6.07, 6.45) is 15.6. The number of hydrogen-bond acceptors (Lipinski definition) is 3. The Morgan fingerprint density at radius 1 is 0.792 bits per heavy atom. The Morgan fingerprint density at radius 3 is 1.83 bits per heavy atom. The quantitative estimate of drug-likeness (QED) is 0.236. The summed E-state index contributed by atoms with van der Waals surface area (Å²) in [6.45, 7) is 2.25. The van der Waals surface area contributed by atoms with Crippen LogP contribution in [0.25, 0.3) is 0 Å². The van der Waals surface area contributed by atoms with E-state index in [-0.39, 0.29) is 22.8 Å². The predicted molar refractivity (Wildman–Crippen MR) is 99.8 cm³/mol. The first kappa shape index (κ1) is 20.5. The second-order valence-corrected chi connectivity index (χ2v) is 6.74. The highest BCUT2D eigenvalue weighted by molar-refractivity contribution is 5.99. The van der Waals surface area contributed by atoms with Gasteiger partial charge < -0.3 is 10.2 Å². The lowest BCUT2D eigenvalue weighted by molar-refractivity contribution is 0.0976. The van der Waals surface area contributed by atoms with Crippen LogP contribution in [-0.4, -0.2) is 16.0 Å². The molecule has 0 fully saturated rings. The summed E-state index contributed by atoms with van der Waals surface area (Å²) < 4.78 is 0. The summed E-state index contributed by atoms with van der Waals surface area (Å²) in [5, 5.41) is 19.1. The Bertz CT molecular complexity index is 468. The molecule has 0 aromatic heterocycles. The Morgan fingerprint density at radius 2 is 1.29 bits per heavy atom. The first-order valence-electron chi connectivity index (χ1n) is 9.71. The standard InChI is InChI=1S/C21H34O3/c1-2-3-4-5-6-7-8-9-10-11-12-13-16-19(22)18-15-14-17-20(23)21(18)24/h14-15,17,23-24H,2-13,16H2,1H3. The van der Waals surface area contributed by atoms with Gasteiger partial charge in [0.25, 0.3) is 0 Å². The van der Waals surface area contributed by atoms with Gasteiger partial charge in [0.05, 0.1) is 5.56 Å². The van der Waals surface area contributed by atoms with Crippen molar-refractivity contribution in [3.63, 3.8) is 0 Å². The topological polar surface area (TPSA) is 57.5 Å². The van der Waals surface area contributed by atoms with Crippen LogP contribution < -0.4 is 0 Å². The molecule has 1 aromatic rings. The number of phenols is 2. The van der Waals surface area contributed by atoms with Gasteiger partial charge in [0.2, 0.25) is 0 Å². The number of benzene rings is 1. The van der Waals surface area contributed by atoms with E-state index < -0.39 is 0 Å². The monoisotopic (exact) mass is 334 g/mol. The number of unbranched alkanes of at least 4 members (excludes halogenated alkanes) is 11. The van der Waals surface area contributed by atoms with Gasteiger partial charge in [0.1, 0.15) is 0 Å². The lowest BCUT2D eigenvalue weighted by atomic mass is 10.0. The molecule has 0 saturated carbocycles. The van der Waals surface area contributed by atoms with Crippen LogP contribution in [0.15, 0.2) is 18.2 Å². The molecule has 0 aliphatic rings. The summed E-state index contributed by atoms with van der Waals surface area (Å²) in [5.41, 5.74) is 0.234. The number of carbonyl (C=O) groups is 1. The van der Waals surface area contributed by atoms with E-state index in [0.717, 1.165) is 12.8 Å². The summed E-state index contributed by atoms with van der Waals surface area (Å²) in [4.78, 5) is 12.0. The van der Waals surface area contributed by atoms with Gasteiger partial charge in [-0.05, 0) is 18.6 Å². The van der Waals surface area contributed by atoms with E-state index >= 15 is 0 Å². The molecule has 0 radical (unpaired) electrons. The molecule has 0 bridgehead atoms. The molecule has 0 aliphatic carbocycles. The number of para-hydroxylation sites is 1. The van der Waals surface area contributed by atoms with Crippen LogP contribution >= 0.6 is 0 Å². The Balaban J connectivity index is 1.98. The summed E-state index contributed by atoms with van der Waals surface area (Å²) in [6, 6.07) is 4.54. The zero-order valence-electron chi connectivity index (χ0n) is 15.2. The highest BCUT2D eigenvalue weighted by Gasteiger charge is 2.13. The van der Waals surface area contributed by atoms with Crippen LogP contribution in [0.5, 0.6) is 11.5 Å². The number of ketones is 1. The zero-order chi connectivity index (χ0) is 17.6. The molecule has 0 amide bonds. The van der Waals surface area contributed by atoms with E-state index in [0.29, 0.717) is 6.42 Å². The fourth-order valence-corrected chi connectivity index (χ4v) is 3.02. The van der Waals surface area contributed by atoms with Gasteiger partial charge in [-0.25, -0.2) is 0 Å². The lowest BCUT2D eigenvalue weighted by Gasteiger charge is -2.05. The molecule has 0 heterocycles. The maximum Gasteiger partial charge on any atom is 0.168 e. The van der Waals surface area contributed by atoms with Gasteiger partial charge in [0, 0.05) is 6.42 Å². The van der Waals surface area contributed by atoms with Gasteiger partial charge >= 0.3 is 0 Å². The van der Waals surface area contributed by atoms with Crippen molar-refractivity contribution in [3.05, 3.63) is 23.8 Å². The van der Waals surface area contributed by atoms with E-state index in [1.165, 1.54) is 70.3 Å². The molecule has 2 N–H and O–H groups in total. The average Bonchev–Trinajstić information content (AvgIpc) is 2.58. The van der Waals surface area contributed by atoms with E-state index in [9.17, 15) is 15.0 Å². The molecule has 3 heteroatoms. The highest BCUT2D eigenvalue weighted by Crippen LogP contribution is 2.29. The van der Waals surface area contributed by atoms with Crippen molar-refractivity contribution < 1.29 is 15.0 Å². The second-order valence-electron chi connectivity index (χ2n) is 6.74. The van der Waals surface area contributed by atoms with Crippen LogP contribution in [-0.2, 0) is 0 Å². The molecule has 0 aliphatic heterocycles. The number of Topliss-reactive ketones (excluding diaryl/α,β-unsaturated/α-hetero) is 1. The maximum absolute atomic E-state index is 12.0. The molecule has 1 rings (SSSR count). The van der Waals surface area contributed by atoms with Crippen LogP contribution in [0.3, 0.4) is 0 Å². The predicted octanol–water partition coefficient (Wildman–Crippen LogP) is 6.37. The van der Waals surface area contributed by atoms with E-state index in [2.05, 4.69) is 6.92 Å². The normalized spacial score (nSPS) is 10.9. The Hall–Kier alpha value is -1.51. The van der Waals surface area contributed by atoms with Gasteiger partial charge in [0.15, 0.2) is 17.3 Å². The molecular formula is C21H34O3. The third-order valence-electron chi connectivity index (χ3n) is 4.57. The van der Waals surface area contributed by atoms with E-state index in [4.69, 9.17) is 0 Å². The SMILES string of the molecule is CCCCCCCCCCCCCCC(=O)c1cccc(O)c1O. The van der Waals surface area contributed by atoms with Crippen molar-refractivity contribution in [2.75, 3.05) is 0 Å². The highest BCUT2D eigenvalue weighted by atomic mass is 16.3. The van der Waals surface area contributed by atoms with Crippen molar-refractivity contribution >= 4 is 5.78 Å². The number of rotatable bonds is 14. The van der Waals surface area contributed by atoms with Gasteiger partial charge in [-0.15, -0.1) is 0 Å². The minimum atomic E-state index is -0.290. The molecular weight excluding hydrogens is 300 g/mol. The lowest BCUT2D eigenvalue weighted by Crippen LogP contribution is -1.99. The van der Waals surface area contributed by atoms with Crippen molar-refractivity contribution in [2.45, 2.75) is 90.4 Å². The van der Waals surface area contributed by atoms with Crippen molar-refractivity contribution in [1.29, 1.82) is 0 Å². The van der Waals surface area contributed by atoms with Gasteiger partial charge in [-0.2, -0.15) is 0 Å². The smallest absolute Gasteiger partial charge is 0.168 e. The fourth-order valence-electron chi connectivity index (χ4n) is 3.02. The first-order chi connectivity index (χ1) is 11.7. The molecule has 0 unspecified atom stereocenters. The van der Waals surface area contributed by atoms with Crippen molar-refractivity contribution in [2.24, 2.45) is 0 Å². The minimum Gasteiger partial charge on any atom is -0.504 e. The Kier molecular flexibility index (Phi) is 11.0. The molecule has 136 valence electrons. The number of carbonyl (C=O) groups excluding carboxylic acids is 1. The summed E-state index contributed by atoms with van der Waals surface area (Å²) >= 11 is 0. The second kappa shape index (κ2) is 12.9. The van der Waals surface area contributed by atoms with Crippen LogP contribution in [0.1, 0.15) is 101 Å². The first-order valence-corrected chi connectivity index (χ1v) is 9.71. The van der Waals surface area contributed by atoms with Gasteiger partial charge in [-0.1, -0.05) is 83.6 Å². The molecule has 3 nitrogen and oxygen atoms in total. The number of phenolic OH excluding ortho intramolecular Hbond substituents is 2. The zero-order valence-corrected chi connectivity index (χ0v) is 15.2. The van der Waals surface area contributed by atoms with Crippen LogP contribution in [0.4, 0.5) is 0 Å². The molecule has 0 spiro atoms. The molecule has 0 atom stereocenters. The summed E-state index contributed by atoms with van der Waals surface area (Å²) in [7, 11) is 0. The van der Waals surface area contributed by atoms with Gasteiger partial charge in [-0.3, -0.25) is 4.79 Å². The van der Waals surface area contributed by atoms with Crippen molar-refractivity contribution in [1.82, 2.24) is 0 Å². The van der Waals surface area contributed by atoms with Crippen LogP contribution in [0.2, 0.25) is 0 Å². The third kappa shape index (κ3) is 8.37. The largest absolute Gasteiger partial charge is 0.504 e. The molecule has 0 saturated heterocycles. The number of hydrogen-bond donors (Lipinski definition) is 2. The molecule has 24 heavy (non-hydrogen) atoms. The van der Waals surface area contributed by atoms with Crippen LogP contribution in [0, 0.1) is 0 Å². The number of aromatic hydroxyl groups is 2. The Labute approximate surface area is 147 Å². The van der Waals surface area contributed by atoms with Crippen molar-refractivity contribution in [3.8, 4) is 11.5 Å². The van der Waals surface area contributed by atoms with E-state index in [1.54, 1.807) is 12.1 Å². The summed E-state index contributed by atoms with van der Waals surface area (Å²) in [5.74, 6) is -0.604. The average molecular weight is 334 g/mol. The fraction of sp³-hybridized carbons (Fsp3) is 0.667.